The van der Waals surface area contributed by atoms with Crippen LogP contribution in [0, 0.1) is 0 Å². The first-order valence-electron chi connectivity index (χ1n) is 13.2. The van der Waals surface area contributed by atoms with Crippen molar-refractivity contribution in [1.29, 1.82) is 0 Å². The molecule has 0 aromatic heterocycles. The molecule has 13 heteroatoms. The number of urea groups is 1. The Morgan fingerprint density at radius 1 is 0.977 bits per heavy atom. The second-order valence-corrected chi connectivity index (χ2v) is 9.62. The zero-order chi connectivity index (χ0) is 31.1. The summed E-state index contributed by atoms with van der Waals surface area (Å²) < 4.78 is 70.3. The first-order valence-corrected chi connectivity index (χ1v) is 13.2. The van der Waals surface area contributed by atoms with Crippen LogP contribution in [-0.4, -0.2) is 56.0 Å². The molecule has 3 aromatic carbocycles. The van der Waals surface area contributed by atoms with Gasteiger partial charge in [-0.15, -0.1) is 0 Å². The molecule has 9 nitrogen and oxygen atoms in total. The Balaban J connectivity index is 1.38. The highest BCUT2D eigenvalue weighted by atomic mass is 19.4. The lowest BCUT2D eigenvalue weighted by Crippen LogP contribution is -2.44. The van der Waals surface area contributed by atoms with E-state index in [9.17, 15) is 27.6 Å². The Morgan fingerprint density at radius 2 is 1.67 bits per heavy atom. The number of esters is 1. The SMILES string of the molecule is COC(=O)c1ccc(OC(F)[C@@H]2CCCN2C(=O)Cc2ccc(NC(=O)Nc3ccccc3C(F)(F)F)c(OC)c2)cc1. The summed E-state index contributed by atoms with van der Waals surface area (Å²) in [5.41, 5.74) is -0.455. The van der Waals surface area contributed by atoms with Gasteiger partial charge in [-0.1, -0.05) is 18.2 Å². The number of nitrogens with one attached hydrogen (secondary N) is 2. The van der Waals surface area contributed by atoms with Gasteiger partial charge in [0.25, 0.3) is 6.36 Å². The van der Waals surface area contributed by atoms with Crippen molar-refractivity contribution >= 4 is 29.3 Å². The van der Waals surface area contributed by atoms with Crippen LogP contribution in [0.15, 0.2) is 66.7 Å². The van der Waals surface area contributed by atoms with Crippen molar-refractivity contribution in [2.45, 2.75) is 37.8 Å². The smallest absolute Gasteiger partial charge is 0.418 e. The van der Waals surface area contributed by atoms with Gasteiger partial charge in [-0.2, -0.15) is 17.6 Å². The molecule has 1 aliphatic heterocycles. The number of carbonyl (C=O) groups is 3. The van der Waals surface area contributed by atoms with Gasteiger partial charge in [0, 0.05) is 6.54 Å². The van der Waals surface area contributed by atoms with Crippen LogP contribution in [0.3, 0.4) is 0 Å². The quantitative estimate of drug-likeness (QED) is 0.228. The number of benzene rings is 3. The average Bonchev–Trinajstić information content (AvgIpc) is 3.48. The number of likely N-dealkylation sites (tertiary alicyclic amines) is 1. The Morgan fingerprint density at radius 3 is 2.35 bits per heavy atom. The van der Waals surface area contributed by atoms with Gasteiger partial charge in [0.05, 0.1) is 49.2 Å². The number of hydrogen-bond acceptors (Lipinski definition) is 6. The van der Waals surface area contributed by atoms with Gasteiger partial charge in [-0.25, -0.2) is 9.59 Å². The van der Waals surface area contributed by atoms with Gasteiger partial charge < -0.3 is 29.7 Å². The monoisotopic (exact) mass is 603 g/mol. The maximum atomic E-state index is 15.2. The highest BCUT2D eigenvalue weighted by Crippen LogP contribution is 2.35. The summed E-state index contributed by atoms with van der Waals surface area (Å²) in [6, 6.07) is 13.1. The summed E-state index contributed by atoms with van der Waals surface area (Å²) >= 11 is 0. The van der Waals surface area contributed by atoms with Crippen LogP contribution in [0.1, 0.15) is 34.3 Å². The molecular weight excluding hydrogens is 574 g/mol. The second-order valence-electron chi connectivity index (χ2n) is 9.62. The fraction of sp³-hybridized carbons (Fsp3) is 0.300. The third kappa shape index (κ3) is 7.73. The molecule has 0 radical (unpaired) electrons. The normalized spacial score (nSPS) is 15.4. The van der Waals surface area contributed by atoms with Crippen molar-refractivity contribution in [3.05, 3.63) is 83.4 Å². The lowest BCUT2D eigenvalue weighted by Gasteiger charge is -2.27. The zero-order valence-corrected chi connectivity index (χ0v) is 23.2. The van der Waals surface area contributed by atoms with Crippen molar-refractivity contribution in [1.82, 2.24) is 4.90 Å². The number of carbonyl (C=O) groups excluding carboxylic acids is 3. The molecule has 0 saturated carbocycles. The van der Waals surface area contributed by atoms with Gasteiger partial charge in [-0.05, 0) is 66.9 Å². The largest absolute Gasteiger partial charge is 0.495 e. The maximum Gasteiger partial charge on any atom is 0.418 e. The van der Waals surface area contributed by atoms with Crippen LogP contribution in [0.2, 0.25) is 0 Å². The Labute approximate surface area is 244 Å². The highest BCUT2D eigenvalue weighted by Gasteiger charge is 2.36. The molecule has 1 fully saturated rings. The second kappa shape index (κ2) is 13.4. The van der Waals surface area contributed by atoms with Gasteiger partial charge in [-0.3, -0.25) is 4.79 Å². The van der Waals surface area contributed by atoms with Crippen LogP contribution >= 0.6 is 0 Å². The van der Waals surface area contributed by atoms with Gasteiger partial charge in [0.15, 0.2) is 0 Å². The highest BCUT2D eigenvalue weighted by molar-refractivity contribution is 6.01. The van der Waals surface area contributed by atoms with E-state index in [0.29, 0.717) is 24.9 Å². The van der Waals surface area contributed by atoms with Crippen molar-refractivity contribution in [2.75, 3.05) is 31.4 Å². The van der Waals surface area contributed by atoms with E-state index in [4.69, 9.17) is 9.47 Å². The molecule has 0 bridgehead atoms. The van der Waals surface area contributed by atoms with Gasteiger partial charge in [0.2, 0.25) is 5.91 Å². The molecule has 1 unspecified atom stereocenters. The number of amides is 3. The molecule has 4 rings (SSSR count). The van der Waals surface area contributed by atoms with E-state index in [2.05, 4.69) is 15.4 Å². The Kier molecular flexibility index (Phi) is 9.73. The number of halogens is 4. The van der Waals surface area contributed by atoms with E-state index in [0.717, 1.165) is 12.1 Å². The van der Waals surface area contributed by atoms with Crippen LogP contribution < -0.4 is 20.1 Å². The minimum atomic E-state index is -4.66. The molecule has 0 spiro atoms. The fourth-order valence-electron chi connectivity index (χ4n) is 4.71. The number of para-hydroxylation sites is 1. The van der Waals surface area contributed by atoms with Gasteiger partial charge >= 0.3 is 18.2 Å². The third-order valence-electron chi connectivity index (χ3n) is 6.80. The van der Waals surface area contributed by atoms with Crippen molar-refractivity contribution in [3.8, 4) is 11.5 Å². The predicted molar refractivity (Wildman–Crippen MR) is 149 cm³/mol. The number of ether oxygens (including phenoxy) is 3. The average molecular weight is 604 g/mol. The molecule has 228 valence electrons. The van der Waals surface area contributed by atoms with E-state index >= 15 is 4.39 Å². The molecule has 1 saturated heterocycles. The summed E-state index contributed by atoms with van der Waals surface area (Å²) in [7, 11) is 2.59. The number of alkyl halides is 4. The van der Waals surface area contributed by atoms with Gasteiger partial charge in [0.1, 0.15) is 11.5 Å². The topological polar surface area (TPSA) is 106 Å². The van der Waals surface area contributed by atoms with E-state index < -0.39 is 41.8 Å². The summed E-state index contributed by atoms with van der Waals surface area (Å²) in [6.07, 6.45) is -5.58. The van der Waals surface area contributed by atoms with E-state index in [1.807, 2.05) is 0 Å². The first-order chi connectivity index (χ1) is 20.5. The molecule has 1 aliphatic rings. The molecule has 3 aromatic rings. The van der Waals surface area contributed by atoms with E-state index in [1.54, 1.807) is 6.07 Å². The summed E-state index contributed by atoms with van der Waals surface area (Å²) in [5, 5.41) is 4.64. The summed E-state index contributed by atoms with van der Waals surface area (Å²) in [5.74, 6) is -0.520. The molecule has 2 atom stereocenters. The molecule has 0 aliphatic carbocycles. The molecule has 1 heterocycles. The van der Waals surface area contributed by atoms with Crippen LogP contribution in [0.5, 0.6) is 11.5 Å². The molecular formula is C30H29F4N3O6. The molecule has 43 heavy (non-hydrogen) atoms. The van der Waals surface area contributed by atoms with Crippen molar-refractivity contribution in [2.24, 2.45) is 0 Å². The number of anilines is 2. The predicted octanol–water partition coefficient (Wildman–Crippen LogP) is 6.05. The van der Waals surface area contributed by atoms with Crippen LogP contribution in [-0.2, 0) is 22.1 Å². The lowest BCUT2D eigenvalue weighted by atomic mass is 10.1. The van der Waals surface area contributed by atoms with Crippen molar-refractivity contribution in [3.63, 3.8) is 0 Å². The number of rotatable bonds is 9. The fourth-order valence-corrected chi connectivity index (χ4v) is 4.71. The number of methoxy groups -OCH3 is 2. The Hall–Kier alpha value is -4.81. The van der Waals surface area contributed by atoms with E-state index in [1.165, 1.54) is 67.7 Å². The van der Waals surface area contributed by atoms with Crippen molar-refractivity contribution < 1.29 is 46.2 Å². The Bertz CT molecular complexity index is 1460. The lowest BCUT2D eigenvalue weighted by molar-refractivity contribution is -0.137. The number of hydrogen-bond donors (Lipinski definition) is 2. The number of nitrogens with zero attached hydrogens (tertiary/aromatic N) is 1. The summed E-state index contributed by atoms with van der Waals surface area (Å²) in [4.78, 5) is 38.6. The van der Waals surface area contributed by atoms with Crippen LogP contribution in [0.4, 0.5) is 33.7 Å². The standard InChI is InChI=1S/C30H29F4N3O6/c1-41-25-16-18(9-14-23(25)36-29(40)35-22-7-4-3-6-21(22)30(32,33)34)17-26(38)37-15-5-8-24(37)27(31)43-20-12-10-19(11-13-20)28(39)42-2/h3-4,6-7,9-14,16,24,27H,5,8,15,17H2,1-2H3,(H2,35,36,40)/t24-,27?/m0/s1. The minimum absolute atomic E-state index is 0.0984. The first kappa shape index (κ1) is 31.1. The maximum absolute atomic E-state index is 15.2. The van der Waals surface area contributed by atoms with E-state index in [-0.39, 0.29) is 35.1 Å². The molecule has 2 N–H and O–H groups in total. The summed E-state index contributed by atoms with van der Waals surface area (Å²) in [6.45, 7) is 0.338. The zero-order valence-electron chi connectivity index (χ0n) is 23.2. The van der Waals surface area contributed by atoms with Crippen LogP contribution in [0.25, 0.3) is 0 Å². The third-order valence-corrected chi connectivity index (χ3v) is 6.80. The minimum Gasteiger partial charge on any atom is -0.495 e. The molecule has 3 amide bonds.